The monoisotopic (exact) mass is 320 g/mol. The van der Waals surface area contributed by atoms with Crippen LogP contribution >= 0.6 is 0 Å². The van der Waals surface area contributed by atoms with Crippen LogP contribution in [0.4, 0.5) is 0 Å². The molecule has 1 aliphatic heterocycles. The molecule has 1 aromatic heterocycles. The van der Waals surface area contributed by atoms with Crippen molar-refractivity contribution in [3.05, 3.63) is 17.0 Å². The van der Waals surface area contributed by atoms with Crippen molar-refractivity contribution in [1.29, 1.82) is 0 Å². The van der Waals surface area contributed by atoms with Gasteiger partial charge in [-0.05, 0) is 52.6 Å². The Kier molecular flexibility index (Phi) is 5.72. The van der Waals surface area contributed by atoms with Crippen molar-refractivity contribution < 1.29 is 5.11 Å². The van der Waals surface area contributed by atoms with Gasteiger partial charge in [0.1, 0.15) is 0 Å². The lowest BCUT2D eigenvalue weighted by Crippen LogP contribution is -2.45. The lowest BCUT2D eigenvalue weighted by molar-refractivity contribution is 0.144. The van der Waals surface area contributed by atoms with E-state index in [1.165, 1.54) is 62.9 Å². The minimum absolute atomic E-state index is 0.147. The number of aryl methyl sites for hydroxylation is 1. The van der Waals surface area contributed by atoms with Crippen LogP contribution in [0.25, 0.3) is 0 Å². The molecule has 2 aliphatic rings. The zero-order valence-corrected chi connectivity index (χ0v) is 14.7. The summed E-state index contributed by atoms with van der Waals surface area (Å²) in [7, 11) is 0. The van der Waals surface area contributed by atoms with Gasteiger partial charge in [-0.15, -0.1) is 0 Å². The predicted octanol–water partition coefficient (Wildman–Crippen LogP) is 1.99. The molecule has 3 rings (SSSR count). The quantitative estimate of drug-likeness (QED) is 0.842. The van der Waals surface area contributed by atoms with Gasteiger partial charge in [0.05, 0.1) is 18.8 Å². The maximum Gasteiger partial charge on any atom is 0.0644 e. The average molecular weight is 320 g/mol. The molecule has 23 heavy (non-hydrogen) atoms. The van der Waals surface area contributed by atoms with Gasteiger partial charge in [0.15, 0.2) is 0 Å². The fourth-order valence-corrected chi connectivity index (χ4v) is 4.29. The zero-order chi connectivity index (χ0) is 16.2. The van der Waals surface area contributed by atoms with Crippen molar-refractivity contribution in [2.24, 2.45) is 0 Å². The van der Waals surface area contributed by atoms with Crippen LogP contribution < -0.4 is 5.32 Å². The van der Waals surface area contributed by atoms with Crippen molar-refractivity contribution in [3.63, 3.8) is 0 Å². The number of hydrogen-bond donors (Lipinski definition) is 2. The molecule has 0 spiro atoms. The highest BCUT2D eigenvalue weighted by atomic mass is 16.3. The van der Waals surface area contributed by atoms with E-state index in [1.54, 1.807) is 0 Å². The molecule has 0 unspecified atom stereocenters. The summed E-state index contributed by atoms with van der Waals surface area (Å²) in [5.41, 5.74) is 3.58. The van der Waals surface area contributed by atoms with Gasteiger partial charge in [-0.1, -0.05) is 12.8 Å². The molecular formula is C18H32N4O. The Bertz CT molecular complexity index is 499. The van der Waals surface area contributed by atoms with Gasteiger partial charge < -0.3 is 15.3 Å². The molecule has 5 heteroatoms. The second kappa shape index (κ2) is 7.77. The van der Waals surface area contributed by atoms with Gasteiger partial charge in [0.2, 0.25) is 0 Å². The number of hydrogen-bond acceptors (Lipinski definition) is 4. The average Bonchev–Trinajstić information content (AvgIpc) is 3.17. The summed E-state index contributed by atoms with van der Waals surface area (Å²) in [5.74, 6) is 0. The molecule has 0 atom stereocenters. The highest BCUT2D eigenvalue weighted by Crippen LogP contribution is 2.26. The summed E-state index contributed by atoms with van der Waals surface area (Å²) < 4.78 is 1.93. The molecule has 2 fully saturated rings. The minimum Gasteiger partial charge on any atom is -0.394 e. The van der Waals surface area contributed by atoms with E-state index in [2.05, 4.69) is 29.2 Å². The number of aliphatic hydroxyl groups is 1. The van der Waals surface area contributed by atoms with Crippen molar-refractivity contribution >= 4 is 0 Å². The number of rotatable bonds is 6. The summed E-state index contributed by atoms with van der Waals surface area (Å²) in [4.78, 5) is 2.72. The summed E-state index contributed by atoms with van der Waals surface area (Å²) in [5, 5.41) is 17.4. The molecular weight excluding hydrogens is 288 g/mol. The first kappa shape index (κ1) is 16.9. The molecule has 2 heterocycles. The summed E-state index contributed by atoms with van der Waals surface area (Å²) in [6.07, 6.45) is 8.22. The Hall–Kier alpha value is -0.910. The SMILES string of the molecule is Cc1nn(CCO)c(C)c1CNC1CCN(C2CCCC2)CC1. The normalized spacial score (nSPS) is 21.3. The van der Waals surface area contributed by atoms with Crippen LogP contribution in [0.3, 0.4) is 0 Å². The molecule has 0 aromatic carbocycles. The third kappa shape index (κ3) is 3.95. The summed E-state index contributed by atoms with van der Waals surface area (Å²) in [6, 6.07) is 1.50. The van der Waals surface area contributed by atoms with Crippen LogP contribution in [0.15, 0.2) is 0 Å². The first-order valence-electron chi connectivity index (χ1n) is 9.30. The van der Waals surface area contributed by atoms with Gasteiger partial charge in [0, 0.05) is 29.9 Å². The molecule has 2 N–H and O–H groups in total. The topological polar surface area (TPSA) is 53.3 Å². The van der Waals surface area contributed by atoms with E-state index in [4.69, 9.17) is 5.11 Å². The number of nitrogens with zero attached hydrogens (tertiary/aromatic N) is 3. The minimum atomic E-state index is 0.147. The Balaban J connectivity index is 1.48. The van der Waals surface area contributed by atoms with Gasteiger partial charge in [-0.25, -0.2) is 0 Å². The van der Waals surface area contributed by atoms with E-state index in [1.807, 2.05) is 4.68 Å². The third-order valence-electron chi connectivity index (χ3n) is 5.78. The van der Waals surface area contributed by atoms with Crippen molar-refractivity contribution in [2.75, 3.05) is 19.7 Å². The zero-order valence-electron chi connectivity index (χ0n) is 14.7. The summed E-state index contributed by atoms with van der Waals surface area (Å²) >= 11 is 0. The van der Waals surface area contributed by atoms with Gasteiger partial charge >= 0.3 is 0 Å². The van der Waals surface area contributed by atoms with E-state index in [-0.39, 0.29) is 6.61 Å². The first-order chi connectivity index (χ1) is 11.2. The smallest absolute Gasteiger partial charge is 0.0644 e. The van der Waals surface area contributed by atoms with Gasteiger partial charge in [0.25, 0.3) is 0 Å². The Morgan fingerprint density at radius 3 is 2.48 bits per heavy atom. The van der Waals surface area contributed by atoms with Crippen molar-refractivity contribution in [2.45, 2.75) is 77.5 Å². The molecule has 0 radical (unpaired) electrons. The maximum atomic E-state index is 9.11. The van der Waals surface area contributed by atoms with Gasteiger partial charge in [-0.3, -0.25) is 4.68 Å². The Morgan fingerprint density at radius 1 is 1.13 bits per heavy atom. The lowest BCUT2D eigenvalue weighted by Gasteiger charge is -2.36. The predicted molar refractivity (Wildman–Crippen MR) is 92.5 cm³/mol. The molecule has 0 amide bonds. The lowest BCUT2D eigenvalue weighted by atomic mass is 10.0. The number of nitrogens with one attached hydrogen (secondary N) is 1. The molecule has 1 aliphatic carbocycles. The van der Waals surface area contributed by atoms with Crippen molar-refractivity contribution in [3.8, 4) is 0 Å². The van der Waals surface area contributed by atoms with Gasteiger partial charge in [-0.2, -0.15) is 5.10 Å². The molecule has 1 saturated carbocycles. The molecule has 5 nitrogen and oxygen atoms in total. The highest BCUT2D eigenvalue weighted by Gasteiger charge is 2.27. The number of likely N-dealkylation sites (tertiary alicyclic amines) is 1. The summed E-state index contributed by atoms with van der Waals surface area (Å²) in [6.45, 7) is 8.32. The van der Waals surface area contributed by atoms with Crippen molar-refractivity contribution in [1.82, 2.24) is 20.0 Å². The third-order valence-corrected chi connectivity index (χ3v) is 5.78. The fourth-order valence-electron chi connectivity index (χ4n) is 4.29. The van der Waals surface area contributed by atoms with E-state index < -0.39 is 0 Å². The Labute approximate surface area is 140 Å². The van der Waals surface area contributed by atoms with E-state index >= 15 is 0 Å². The van der Waals surface area contributed by atoms with Crippen LogP contribution in [0.1, 0.15) is 55.5 Å². The van der Waals surface area contributed by atoms with E-state index in [9.17, 15) is 0 Å². The number of piperidine rings is 1. The largest absolute Gasteiger partial charge is 0.394 e. The van der Waals surface area contributed by atoms with Crippen LogP contribution in [0.2, 0.25) is 0 Å². The molecule has 130 valence electrons. The second-order valence-corrected chi connectivity index (χ2v) is 7.23. The first-order valence-corrected chi connectivity index (χ1v) is 9.30. The van der Waals surface area contributed by atoms with E-state index in [0.717, 1.165) is 18.3 Å². The van der Waals surface area contributed by atoms with E-state index in [0.29, 0.717) is 12.6 Å². The van der Waals surface area contributed by atoms with Crippen LogP contribution in [-0.2, 0) is 13.1 Å². The number of aliphatic hydroxyl groups excluding tert-OH is 1. The maximum absolute atomic E-state index is 9.11. The standard InChI is InChI=1S/C18H32N4O/c1-14-18(15(2)22(20-14)11-12-23)13-19-16-7-9-21(10-8-16)17-5-3-4-6-17/h16-17,19,23H,3-13H2,1-2H3. The van der Waals surface area contributed by atoms with Crippen LogP contribution in [0, 0.1) is 13.8 Å². The molecule has 1 saturated heterocycles. The number of aromatic nitrogens is 2. The second-order valence-electron chi connectivity index (χ2n) is 7.23. The van der Waals surface area contributed by atoms with Crippen LogP contribution in [0.5, 0.6) is 0 Å². The Morgan fingerprint density at radius 2 is 1.83 bits per heavy atom. The fraction of sp³-hybridized carbons (Fsp3) is 0.833. The molecule has 0 bridgehead atoms. The van der Waals surface area contributed by atoms with Crippen LogP contribution in [-0.4, -0.2) is 51.6 Å². The molecule has 1 aromatic rings. The highest BCUT2D eigenvalue weighted by molar-refractivity contribution is 5.24.